The Labute approximate surface area is 175 Å². The topological polar surface area (TPSA) is 28.1 Å². The Morgan fingerprint density at radius 2 is 1.62 bits per heavy atom. The van der Waals surface area contributed by atoms with Crippen LogP contribution in [0.2, 0.25) is 0 Å². The van der Waals surface area contributed by atoms with Crippen molar-refractivity contribution in [2.45, 2.75) is 38.5 Å². The largest absolute Gasteiger partial charge is 0.304 e. The van der Waals surface area contributed by atoms with E-state index in [2.05, 4.69) is 59.2 Å². The van der Waals surface area contributed by atoms with Gasteiger partial charge in [0, 0.05) is 31.6 Å². The number of piperazine rings is 1. The van der Waals surface area contributed by atoms with E-state index < -0.39 is 0 Å². The number of benzene rings is 1. The Morgan fingerprint density at radius 3 is 2.24 bits per heavy atom. The molecule has 1 heterocycles. The molecule has 1 aliphatic heterocycles. The summed E-state index contributed by atoms with van der Waals surface area (Å²) < 4.78 is 0. The maximum atomic E-state index is 5.64. The number of hydrogen-bond acceptors (Lipinski definition) is 4. The molecule has 0 N–H and O–H groups in total. The quantitative estimate of drug-likeness (QED) is 0.444. The Hall–Kier alpha value is -1.83. The van der Waals surface area contributed by atoms with Gasteiger partial charge in [0.25, 0.3) is 0 Å². The second-order valence-electron chi connectivity index (χ2n) is 9.95. The first-order chi connectivity index (χ1) is 14.2. The second kappa shape index (κ2) is 8.13. The van der Waals surface area contributed by atoms with Crippen LogP contribution in [-0.4, -0.2) is 55.3 Å². The molecule has 1 aromatic carbocycles. The molecule has 6 rings (SSSR count). The zero-order valence-electron chi connectivity index (χ0n) is 17.6. The fourth-order valence-corrected chi connectivity index (χ4v) is 6.70. The minimum absolute atomic E-state index is 0.204. The van der Waals surface area contributed by atoms with Gasteiger partial charge in [0.15, 0.2) is 0 Å². The lowest BCUT2D eigenvalue weighted by molar-refractivity contribution is -0.0133. The van der Waals surface area contributed by atoms with Crippen LogP contribution in [0.3, 0.4) is 0 Å². The third-order valence-corrected chi connectivity index (χ3v) is 7.74. The van der Waals surface area contributed by atoms with Crippen LogP contribution in [0.25, 0.3) is 0 Å². The molecule has 0 radical (unpaired) electrons. The van der Waals surface area contributed by atoms with Crippen LogP contribution in [0.4, 0.5) is 0 Å². The van der Waals surface area contributed by atoms with Gasteiger partial charge in [0.2, 0.25) is 0 Å². The lowest BCUT2D eigenvalue weighted by atomic mass is 9.48. The fraction of sp³-hybridized carbons (Fsp3) is 0.640. The summed E-state index contributed by atoms with van der Waals surface area (Å²) in [6.45, 7) is 5.16. The summed E-state index contributed by atoms with van der Waals surface area (Å²) >= 11 is 0. The monoisotopic (exact) mass is 391 g/mol. The standard InChI is InChI=1S/C25H33N3O/c1-27-9-11-28(12-10-27)8-5-13-29-26-24(23-6-3-2-4-7-23)25-17-20-14-21(18-25)16-22(15-20)19-25/h2-4,6-7,20-22H,8-12,14-19H2,1H3/b26-24+. The number of oxime groups is 1. The van der Waals surface area contributed by atoms with Crippen molar-refractivity contribution < 1.29 is 4.84 Å². The molecule has 4 saturated carbocycles. The summed E-state index contributed by atoms with van der Waals surface area (Å²) in [6.07, 6.45) is 11.0. The van der Waals surface area contributed by atoms with Crippen LogP contribution in [0.1, 0.15) is 44.1 Å². The highest BCUT2D eigenvalue weighted by atomic mass is 16.6. The summed E-state index contributed by atoms with van der Waals surface area (Å²) in [4.78, 5) is 10.4. The van der Waals surface area contributed by atoms with Gasteiger partial charge >= 0.3 is 0 Å². The first-order valence-corrected chi connectivity index (χ1v) is 11.4. The van der Waals surface area contributed by atoms with Crippen LogP contribution < -0.4 is 0 Å². The van der Waals surface area contributed by atoms with Crippen LogP contribution >= 0.6 is 0 Å². The third-order valence-electron chi connectivity index (χ3n) is 7.74. The van der Waals surface area contributed by atoms with Gasteiger partial charge in [0.1, 0.15) is 6.11 Å². The lowest BCUT2D eigenvalue weighted by Crippen LogP contribution is -2.50. The van der Waals surface area contributed by atoms with E-state index in [0.717, 1.165) is 56.2 Å². The summed E-state index contributed by atoms with van der Waals surface area (Å²) in [6, 6.07) is 10.7. The van der Waals surface area contributed by atoms with Crippen molar-refractivity contribution in [1.29, 1.82) is 0 Å². The normalized spacial score (nSPS) is 34.7. The predicted molar refractivity (Wildman–Crippen MR) is 116 cm³/mol. The van der Waals surface area contributed by atoms with Crippen molar-refractivity contribution in [2.24, 2.45) is 28.3 Å². The summed E-state index contributed by atoms with van der Waals surface area (Å²) in [5.74, 6) is 5.84. The molecule has 4 nitrogen and oxygen atoms in total. The average molecular weight is 392 g/mol. The highest BCUT2D eigenvalue weighted by molar-refractivity contribution is 6.04. The second-order valence-corrected chi connectivity index (χ2v) is 9.95. The van der Waals surface area contributed by atoms with Crippen molar-refractivity contribution >= 4 is 5.71 Å². The molecular formula is C25H33N3O. The molecular weight excluding hydrogens is 358 g/mol. The van der Waals surface area contributed by atoms with Crippen molar-refractivity contribution in [2.75, 3.05) is 39.8 Å². The Bertz CT molecular complexity index is 763. The summed E-state index contributed by atoms with van der Waals surface area (Å²) in [7, 11) is 2.18. The summed E-state index contributed by atoms with van der Waals surface area (Å²) in [5, 5.41) is 4.69. The number of rotatable bonds is 4. The Kier molecular flexibility index (Phi) is 5.37. The van der Waals surface area contributed by atoms with Gasteiger partial charge in [-0.05, 0) is 74.8 Å². The van der Waals surface area contributed by atoms with Gasteiger partial charge in [-0.15, -0.1) is 0 Å². The molecule has 29 heavy (non-hydrogen) atoms. The SMILES string of the molecule is CN1CCN(CC#CO/N=C(\c2ccccc2)C23CC4CC(CC(C4)C2)C3)CC1. The molecule has 4 bridgehead atoms. The van der Waals surface area contributed by atoms with Gasteiger partial charge in [0.05, 0.1) is 12.3 Å². The van der Waals surface area contributed by atoms with E-state index in [1.165, 1.54) is 44.1 Å². The molecule has 154 valence electrons. The van der Waals surface area contributed by atoms with Crippen LogP contribution in [0.5, 0.6) is 0 Å². The first-order valence-electron chi connectivity index (χ1n) is 11.4. The molecule has 1 aromatic rings. The van der Waals surface area contributed by atoms with E-state index in [1.807, 2.05) is 0 Å². The average Bonchev–Trinajstić information content (AvgIpc) is 2.71. The molecule has 5 fully saturated rings. The molecule has 0 spiro atoms. The highest BCUT2D eigenvalue weighted by Crippen LogP contribution is 2.61. The van der Waals surface area contributed by atoms with E-state index >= 15 is 0 Å². The van der Waals surface area contributed by atoms with Crippen LogP contribution in [0.15, 0.2) is 35.5 Å². The fourth-order valence-electron chi connectivity index (χ4n) is 6.70. The maximum absolute atomic E-state index is 5.64. The molecule has 1 saturated heterocycles. The molecule has 0 amide bonds. The van der Waals surface area contributed by atoms with Crippen LogP contribution in [-0.2, 0) is 4.84 Å². The third kappa shape index (κ3) is 4.09. The van der Waals surface area contributed by atoms with E-state index in [4.69, 9.17) is 9.99 Å². The van der Waals surface area contributed by atoms with Gasteiger partial charge in [-0.25, -0.2) is 0 Å². The zero-order chi connectivity index (χ0) is 19.7. The van der Waals surface area contributed by atoms with Crippen molar-refractivity contribution in [3.8, 4) is 12.0 Å². The number of nitrogens with zero attached hydrogens (tertiary/aromatic N) is 3. The van der Waals surface area contributed by atoms with Gasteiger partial charge < -0.3 is 9.74 Å². The van der Waals surface area contributed by atoms with Gasteiger partial charge in [-0.1, -0.05) is 35.5 Å². The van der Waals surface area contributed by atoms with Crippen molar-refractivity contribution in [3.63, 3.8) is 0 Å². The smallest absolute Gasteiger partial charge is 0.150 e. The zero-order valence-corrected chi connectivity index (χ0v) is 17.6. The van der Waals surface area contributed by atoms with E-state index in [1.54, 1.807) is 0 Å². The minimum Gasteiger partial charge on any atom is -0.304 e. The lowest BCUT2D eigenvalue weighted by Gasteiger charge is -2.56. The predicted octanol–water partition coefficient (Wildman–Crippen LogP) is 3.83. The van der Waals surface area contributed by atoms with E-state index in [-0.39, 0.29) is 5.41 Å². The Morgan fingerprint density at radius 1 is 1.00 bits per heavy atom. The van der Waals surface area contributed by atoms with Crippen molar-refractivity contribution in [1.82, 2.24) is 9.80 Å². The minimum atomic E-state index is 0.204. The molecule has 4 aliphatic carbocycles. The van der Waals surface area contributed by atoms with Gasteiger partial charge in [-0.2, -0.15) is 0 Å². The molecule has 0 aromatic heterocycles. The summed E-state index contributed by atoms with van der Waals surface area (Å²) in [5.41, 5.74) is 2.58. The maximum Gasteiger partial charge on any atom is 0.150 e. The van der Waals surface area contributed by atoms with Gasteiger partial charge in [-0.3, -0.25) is 4.90 Å². The molecule has 0 unspecified atom stereocenters. The molecule has 5 aliphatic rings. The number of likely N-dealkylation sites (N-methyl/N-ethyl adjacent to an activating group) is 1. The van der Waals surface area contributed by atoms with E-state index in [9.17, 15) is 0 Å². The first kappa shape index (κ1) is 19.2. The Balaban J connectivity index is 1.32. The molecule has 4 heteroatoms. The van der Waals surface area contributed by atoms with E-state index in [0.29, 0.717) is 0 Å². The highest BCUT2D eigenvalue weighted by Gasteiger charge is 2.53. The number of hydrogen-bond donors (Lipinski definition) is 0. The van der Waals surface area contributed by atoms with Crippen LogP contribution in [0, 0.1) is 35.2 Å². The molecule has 0 atom stereocenters. The van der Waals surface area contributed by atoms with Crippen molar-refractivity contribution in [3.05, 3.63) is 35.9 Å².